The molecule has 0 bridgehead atoms. The van der Waals surface area contributed by atoms with E-state index < -0.39 is 5.54 Å². The first-order valence-corrected chi connectivity index (χ1v) is 4.45. The highest BCUT2D eigenvalue weighted by Gasteiger charge is 2.19. The van der Waals surface area contributed by atoms with Crippen LogP contribution in [0.5, 0.6) is 0 Å². The lowest BCUT2D eigenvalue weighted by atomic mass is 9.94. The summed E-state index contributed by atoms with van der Waals surface area (Å²) in [6.07, 6.45) is 0. The second kappa shape index (κ2) is 3.28. The van der Waals surface area contributed by atoms with Gasteiger partial charge in [-0.05, 0) is 38.5 Å². The van der Waals surface area contributed by atoms with Crippen molar-refractivity contribution in [3.8, 4) is 0 Å². The average molecular weight is 202 g/mol. The molecule has 72 valence electrons. The highest BCUT2D eigenvalue weighted by molar-refractivity contribution is 6.31. The van der Waals surface area contributed by atoms with E-state index in [1.165, 1.54) is 6.07 Å². The fourth-order valence-corrected chi connectivity index (χ4v) is 1.30. The maximum absolute atomic E-state index is 13.4. The first kappa shape index (κ1) is 10.5. The summed E-state index contributed by atoms with van der Waals surface area (Å²) in [4.78, 5) is 0. The molecule has 1 aromatic carbocycles. The van der Waals surface area contributed by atoms with Crippen LogP contribution in [0.2, 0.25) is 5.02 Å². The molecule has 0 aliphatic rings. The largest absolute Gasteiger partial charge is 0.322 e. The number of rotatable bonds is 1. The van der Waals surface area contributed by atoms with Gasteiger partial charge in [0.2, 0.25) is 0 Å². The quantitative estimate of drug-likeness (QED) is 0.743. The molecule has 13 heavy (non-hydrogen) atoms. The van der Waals surface area contributed by atoms with Crippen LogP contribution in [0.3, 0.4) is 0 Å². The van der Waals surface area contributed by atoms with Crippen LogP contribution in [-0.2, 0) is 5.54 Å². The normalized spacial score (nSPS) is 11.8. The van der Waals surface area contributed by atoms with Gasteiger partial charge in [-0.15, -0.1) is 0 Å². The van der Waals surface area contributed by atoms with Gasteiger partial charge < -0.3 is 5.73 Å². The molecule has 0 fully saturated rings. The van der Waals surface area contributed by atoms with Crippen LogP contribution in [0, 0.1) is 12.7 Å². The Morgan fingerprint density at radius 1 is 1.38 bits per heavy atom. The number of hydrogen-bond acceptors (Lipinski definition) is 1. The van der Waals surface area contributed by atoms with Crippen molar-refractivity contribution in [2.45, 2.75) is 26.3 Å². The summed E-state index contributed by atoms with van der Waals surface area (Å²) < 4.78 is 13.4. The van der Waals surface area contributed by atoms with E-state index in [0.717, 1.165) is 5.56 Å². The van der Waals surface area contributed by atoms with Gasteiger partial charge in [-0.25, -0.2) is 4.39 Å². The zero-order valence-electron chi connectivity index (χ0n) is 7.99. The maximum Gasteiger partial charge on any atom is 0.128 e. The van der Waals surface area contributed by atoms with Crippen molar-refractivity contribution in [1.82, 2.24) is 0 Å². The van der Waals surface area contributed by atoms with E-state index in [1.807, 2.05) is 0 Å². The summed E-state index contributed by atoms with van der Waals surface area (Å²) in [5.74, 6) is -0.297. The number of nitrogens with two attached hydrogens (primary N) is 1. The van der Waals surface area contributed by atoms with Gasteiger partial charge in [0.25, 0.3) is 0 Å². The molecule has 0 heterocycles. The minimum atomic E-state index is -0.693. The lowest BCUT2D eigenvalue weighted by Gasteiger charge is -2.20. The number of benzene rings is 1. The summed E-state index contributed by atoms with van der Waals surface area (Å²) in [5.41, 5.74) is 6.26. The molecule has 0 aromatic heterocycles. The van der Waals surface area contributed by atoms with E-state index in [0.29, 0.717) is 10.6 Å². The first-order valence-electron chi connectivity index (χ1n) is 4.07. The van der Waals surface area contributed by atoms with Gasteiger partial charge in [-0.2, -0.15) is 0 Å². The molecular formula is C10H13ClFN. The van der Waals surface area contributed by atoms with Crippen molar-refractivity contribution >= 4 is 11.6 Å². The summed E-state index contributed by atoms with van der Waals surface area (Å²) in [7, 11) is 0. The molecule has 1 nitrogen and oxygen atoms in total. The summed E-state index contributed by atoms with van der Waals surface area (Å²) in [5, 5.41) is 0.551. The van der Waals surface area contributed by atoms with Crippen molar-refractivity contribution in [1.29, 1.82) is 0 Å². The summed E-state index contributed by atoms with van der Waals surface area (Å²) in [6.45, 7) is 5.26. The van der Waals surface area contributed by atoms with Crippen LogP contribution in [0.25, 0.3) is 0 Å². The molecule has 1 aromatic rings. The van der Waals surface area contributed by atoms with Gasteiger partial charge >= 0.3 is 0 Å². The zero-order chi connectivity index (χ0) is 10.2. The predicted molar refractivity (Wildman–Crippen MR) is 53.4 cm³/mol. The molecule has 0 radical (unpaired) electrons. The molecule has 0 aliphatic heterocycles. The molecule has 0 unspecified atom stereocenters. The maximum atomic E-state index is 13.4. The molecular weight excluding hydrogens is 189 g/mol. The molecule has 2 N–H and O–H groups in total. The highest BCUT2D eigenvalue weighted by atomic mass is 35.5. The first-order chi connectivity index (χ1) is 5.82. The molecule has 0 atom stereocenters. The van der Waals surface area contributed by atoms with Crippen molar-refractivity contribution in [3.05, 3.63) is 34.1 Å². The Labute approximate surface area is 82.7 Å². The van der Waals surface area contributed by atoms with Gasteiger partial charge in [0.15, 0.2) is 0 Å². The fraction of sp³-hybridized carbons (Fsp3) is 0.400. The van der Waals surface area contributed by atoms with Crippen molar-refractivity contribution < 1.29 is 4.39 Å². The molecule has 1 rings (SSSR count). The van der Waals surface area contributed by atoms with Gasteiger partial charge in [-0.3, -0.25) is 0 Å². The Morgan fingerprint density at radius 2 is 1.92 bits per heavy atom. The Balaban J connectivity index is 3.32. The number of hydrogen-bond donors (Lipinski definition) is 1. The Hall–Kier alpha value is -0.600. The Kier molecular flexibility index (Phi) is 2.64. The third kappa shape index (κ3) is 2.20. The van der Waals surface area contributed by atoms with Crippen molar-refractivity contribution in [2.24, 2.45) is 5.73 Å². The van der Waals surface area contributed by atoms with E-state index in [2.05, 4.69) is 0 Å². The second-order valence-electron chi connectivity index (χ2n) is 3.80. The zero-order valence-corrected chi connectivity index (χ0v) is 8.74. The lowest BCUT2D eigenvalue weighted by molar-refractivity contribution is 0.501. The Morgan fingerprint density at radius 3 is 2.38 bits per heavy atom. The molecule has 3 heteroatoms. The van der Waals surface area contributed by atoms with Gasteiger partial charge in [0.05, 0.1) is 0 Å². The van der Waals surface area contributed by atoms with Crippen molar-refractivity contribution in [3.63, 3.8) is 0 Å². The van der Waals surface area contributed by atoms with E-state index in [4.69, 9.17) is 17.3 Å². The van der Waals surface area contributed by atoms with Crippen LogP contribution >= 0.6 is 11.6 Å². The molecule has 0 spiro atoms. The molecule has 0 amide bonds. The smallest absolute Gasteiger partial charge is 0.128 e. The van der Waals surface area contributed by atoms with Crippen molar-refractivity contribution in [2.75, 3.05) is 0 Å². The van der Waals surface area contributed by atoms with E-state index in [-0.39, 0.29) is 5.82 Å². The minimum Gasteiger partial charge on any atom is -0.322 e. The summed E-state index contributed by atoms with van der Waals surface area (Å²) in [6, 6.07) is 3.00. The van der Waals surface area contributed by atoms with E-state index in [1.54, 1.807) is 26.8 Å². The lowest BCUT2D eigenvalue weighted by Crippen LogP contribution is -2.29. The van der Waals surface area contributed by atoms with Crippen LogP contribution in [0.1, 0.15) is 25.0 Å². The van der Waals surface area contributed by atoms with Gasteiger partial charge in [-0.1, -0.05) is 11.6 Å². The third-order valence-corrected chi connectivity index (χ3v) is 2.35. The monoisotopic (exact) mass is 201 g/mol. The van der Waals surface area contributed by atoms with Gasteiger partial charge in [0.1, 0.15) is 5.82 Å². The topological polar surface area (TPSA) is 26.0 Å². The number of aryl methyl sites for hydroxylation is 1. The van der Waals surface area contributed by atoms with E-state index >= 15 is 0 Å². The minimum absolute atomic E-state index is 0.297. The number of halogens is 2. The molecule has 0 aliphatic carbocycles. The fourth-order valence-electron chi connectivity index (χ4n) is 1.14. The summed E-state index contributed by atoms with van der Waals surface area (Å²) >= 11 is 5.87. The molecule has 0 saturated heterocycles. The third-order valence-electron chi connectivity index (χ3n) is 1.94. The average Bonchev–Trinajstić information content (AvgIpc) is 1.94. The molecule has 0 saturated carbocycles. The standard InChI is InChI=1S/C10H13ClFN/c1-6-4-9(12)7(5-8(6)11)10(2,3)13/h4-5H,13H2,1-3H3. The highest BCUT2D eigenvalue weighted by Crippen LogP contribution is 2.26. The van der Waals surface area contributed by atoms with Crippen LogP contribution in [0.4, 0.5) is 4.39 Å². The SMILES string of the molecule is Cc1cc(F)c(C(C)(C)N)cc1Cl. The predicted octanol–water partition coefficient (Wildman–Crippen LogP) is 2.98. The van der Waals surface area contributed by atoms with Crippen LogP contribution in [0.15, 0.2) is 12.1 Å². The van der Waals surface area contributed by atoms with Crippen LogP contribution < -0.4 is 5.73 Å². The van der Waals surface area contributed by atoms with Gasteiger partial charge in [0, 0.05) is 16.1 Å². The Bertz CT molecular complexity index is 328. The van der Waals surface area contributed by atoms with Crippen LogP contribution in [-0.4, -0.2) is 0 Å². The van der Waals surface area contributed by atoms with E-state index in [9.17, 15) is 4.39 Å². The second-order valence-corrected chi connectivity index (χ2v) is 4.21.